The molecule has 4 nitrogen and oxygen atoms in total. The van der Waals surface area contributed by atoms with Crippen LogP contribution in [0.4, 0.5) is 34.1 Å². The van der Waals surface area contributed by atoms with E-state index in [-0.39, 0.29) is 0 Å². The topological polar surface area (TPSA) is 32.3 Å². The van der Waals surface area contributed by atoms with Gasteiger partial charge in [-0.25, -0.2) is 0 Å². The normalized spacial score (nSPS) is 12.2. The molecule has 8 rings (SSSR count). The lowest BCUT2D eigenvalue weighted by Crippen LogP contribution is -2.37. The first-order valence-corrected chi connectivity index (χ1v) is 26.4. The van der Waals surface area contributed by atoms with Crippen LogP contribution in [0.5, 0.6) is 0 Å². The van der Waals surface area contributed by atoms with Gasteiger partial charge in [-0.1, -0.05) is 112 Å². The first-order chi connectivity index (χ1) is 26.0. The van der Waals surface area contributed by atoms with Gasteiger partial charge in [-0.15, -0.1) is 0 Å². The Kier molecular flexibility index (Phi) is 9.15. The second-order valence-electron chi connectivity index (χ2n) is 16.6. The van der Waals surface area contributed by atoms with Crippen molar-refractivity contribution in [1.29, 1.82) is 0 Å². The lowest BCUT2D eigenvalue weighted by molar-refractivity contribution is 1.15. The van der Waals surface area contributed by atoms with Gasteiger partial charge in [-0.3, -0.25) is 9.97 Å². The van der Waals surface area contributed by atoms with E-state index >= 15 is 0 Å². The summed E-state index contributed by atoms with van der Waals surface area (Å²) in [4.78, 5) is 14.0. The zero-order chi connectivity index (χ0) is 37.8. The van der Waals surface area contributed by atoms with Crippen molar-refractivity contribution in [2.45, 2.75) is 66.0 Å². The molecule has 0 atom stereocenters. The summed E-state index contributed by atoms with van der Waals surface area (Å²) >= 11 is 0. The van der Waals surface area contributed by atoms with Crippen molar-refractivity contribution in [2.75, 3.05) is 9.80 Å². The molecule has 6 heteroatoms. The monoisotopic (exact) mass is 738 g/mol. The molecule has 0 unspecified atom stereocenters. The number of benzene rings is 6. The molecule has 0 spiro atoms. The lowest BCUT2D eigenvalue weighted by atomic mass is 9.87. The summed E-state index contributed by atoms with van der Waals surface area (Å²) in [7, 11) is -2.95. The van der Waals surface area contributed by atoms with Gasteiger partial charge < -0.3 is 9.80 Å². The zero-order valence-corrected chi connectivity index (χ0v) is 34.9. The van der Waals surface area contributed by atoms with Gasteiger partial charge in [0.2, 0.25) is 0 Å². The van der Waals surface area contributed by atoms with Crippen LogP contribution in [0.1, 0.15) is 25.0 Å². The van der Waals surface area contributed by atoms with Gasteiger partial charge in [0.05, 0.1) is 51.3 Å². The lowest BCUT2D eigenvalue weighted by Gasteiger charge is -2.31. The highest BCUT2D eigenvalue weighted by Crippen LogP contribution is 2.49. The van der Waals surface area contributed by atoms with Gasteiger partial charge in [-0.2, -0.15) is 0 Å². The maximum atomic E-state index is 4.60. The van der Waals surface area contributed by atoms with Crippen LogP contribution in [0.15, 0.2) is 134 Å². The first kappa shape index (κ1) is 35.7. The Morgan fingerprint density at radius 3 is 1.13 bits per heavy atom. The highest BCUT2D eigenvalue weighted by molar-refractivity contribution is 6.89. The molecule has 2 heterocycles. The van der Waals surface area contributed by atoms with E-state index in [1.54, 1.807) is 0 Å². The van der Waals surface area contributed by atoms with Gasteiger partial charge in [0.15, 0.2) is 0 Å². The molecule has 8 aromatic rings. The van der Waals surface area contributed by atoms with Gasteiger partial charge in [-0.05, 0) is 106 Å². The van der Waals surface area contributed by atoms with Crippen LogP contribution in [0.25, 0.3) is 32.3 Å². The molecule has 0 amide bonds. The van der Waals surface area contributed by atoms with E-state index in [4.69, 9.17) is 0 Å². The van der Waals surface area contributed by atoms with Crippen LogP contribution >= 0.6 is 0 Å². The van der Waals surface area contributed by atoms with E-state index < -0.39 is 16.1 Å². The number of rotatable bonds is 10. The summed E-state index contributed by atoms with van der Waals surface area (Å²) < 4.78 is 0. The molecule has 0 N–H and O–H groups in total. The molecule has 0 aliphatic rings. The zero-order valence-electron chi connectivity index (χ0n) is 32.9. The molecule has 6 aromatic carbocycles. The van der Waals surface area contributed by atoms with E-state index in [0.29, 0.717) is 0 Å². The molecule has 0 saturated heterocycles. The van der Waals surface area contributed by atoms with E-state index in [1.165, 1.54) is 65.2 Å². The van der Waals surface area contributed by atoms with E-state index in [9.17, 15) is 0 Å². The quantitative estimate of drug-likeness (QED) is 0.103. The van der Waals surface area contributed by atoms with Crippen molar-refractivity contribution in [3.63, 3.8) is 0 Å². The summed E-state index contributed by atoms with van der Waals surface area (Å²) in [6.45, 7) is 19.0. The predicted molar refractivity (Wildman–Crippen MR) is 240 cm³/mol. The van der Waals surface area contributed by atoms with Gasteiger partial charge in [0, 0.05) is 34.5 Å². The van der Waals surface area contributed by atoms with E-state index in [0.717, 1.165) is 35.6 Å². The summed E-state index contributed by atoms with van der Waals surface area (Å²) in [6, 6.07) is 41.3. The third kappa shape index (κ3) is 6.27. The number of hydrogen-bond acceptors (Lipinski definition) is 4. The minimum absolute atomic E-state index is 0.926. The summed E-state index contributed by atoms with van der Waals surface area (Å²) in [5.74, 6) is 0. The molecule has 0 radical (unpaired) electrons. The van der Waals surface area contributed by atoms with Crippen LogP contribution in [-0.4, -0.2) is 26.1 Å². The van der Waals surface area contributed by atoms with Gasteiger partial charge in [0.25, 0.3) is 0 Å². The molecular formula is C48H50N4Si2. The summed E-state index contributed by atoms with van der Waals surface area (Å²) in [5.41, 5.74) is 9.42. The third-order valence-electron chi connectivity index (χ3n) is 11.1. The molecule has 54 heavy (non-hydrogen) atoms. The van der Waals surface area contributed by atoms with Crippen molar-refractivity contribution in [2.24, 2.45) is 0 Å². The molecule has 0 aliphatic heterocycles. The van der Waals surface area contributed by atoms with Crippen LogP contribution in [0.3, 0.4) is 0 Å². The highest BCUT2D eigenvalue weighted by Gasteiger charge is 2.25. The second-order valence-corrected chi connectivity index (χ2v) is 26.7. The van der Waals surface area contributed by atoms with Gasteiger partial charge in [0.1, 0.15) is 0 Å². The van der Waals surface area contributed by atoms with Crippen LogP contribution in [-0.2, 0) is 12.8 Å². The molecule has 2 aromatic heterocycles. The fourth-order valence-electron chi connectivity index (χ4n) is 8.10. The van der Waals surface area contributed by atoms with Crippen molar-refractivity contribution in [1.82, 2.24) is 9.97 Å². The number of anilines is 6. The van der Waals surface area contributed by atoms with E-state index in [2.05, 4.69) is 170 Å². The molecule has 270 valence electrons. The molecule has 0 saturated carbocycles. The Balaban J connectivity index is 1.44. The first-order valence-electron chi connectivity index (χ1n) is 19.4. The second kappa shape index (κ2) is 13.8. The van der Waals surface area contributed by atoms with Crippen molar-refractivity contribution >= 4 is 93.0 Å². The third-order valence-corrected chi connectivity index (χ3v) is 15.2. The predicted octanol–water partition coefficient (Wildman–Crippen LogP) is 12.5. The standard InChI is InChI=1S/C48H50N4Si2/c1-9-33-29-45(51(37-13-11-27-49-31-37)35-15-19-39(20-16-35)53(3,4)5)43-26-24-42-34(10-2)30-46(44-25-23-41(33)47(43)48(42)44)52(38-14-12-28-50-32-38)36-17-21-40(22-18-36)54(6,7)8/h11-32H,9-10H2,1-8H3. The minimum atomic E-state index is -1.47. The highest BCUT2D eigenvalue weighted by atomic mass is 28.3. The number of hydrogen-bond donors (Lipinski definition) is 0. The maximum Gasteiger partial charge on any atom is 0.0775 e. The Morgan fingerprint density at radius 2 is 0.815 bits per heavy atom. The van der Waals surface area contributed by atoms with Gasteiger partial charge >= 0.3 is 0 Å². The van der Waals surface area contributed by atoms with Crippen molar-refractivity contribution in [3.05, 3.63) is 145 Å². The van der Waals surface area contributed by atoms with Crippen LogP contribution in [0, 0.1) is 0 Å². The van der Waals surface area contributed by atoms with Crippen LogP contribution < -0.4 is 20.2 Å². The Morgan fingerprint density at radius 1 is 0.444 bits per heavy atom. The average molecular weight is 739 g/mol. The maximum absolute atomic E-state index is 4.60. The SMILES string of the molecule is CCc1cc(N(c2ccc([Si](C)(C)C)cc2)c2cccnc2)c2ccc3c(CC)cc(N(c4ccc([Si](C)(C)C)cc4)c4cccnc4)c4ccc1c2c34. The molecule has 0 fully saturated rings. The Hall–Kier alpha value is -5.31. The summed E-state index contributed by atoms with van der Waals surface area (Å²) in [5, 5.41) is 10.7. The number of aryl methyl sites for hydroxylation is 2. The average Bonchev–Trinajstić information content (AvgIpc) is 3.18. The fraction of sp³-hybridized carbons (Fsp3) is 0.208. The smallest absolute Gasteiger partial charge is 0.0775 e. The molecule has 0 aliphatic carbocycles. The van der Waals surface area contributed by atoms with Crippen molar-refractivity contribution < 1.29 is 0 Å². The number of nitrogens with zero attached hydrogens (tertiary/aromatic N) is 4. The largest absolute Gasteiger partial charge is 0.308 e. The minimum Gasteiger partial charge on any atom is -0.308 e. The van der Waals surface area contributed by atoms with E-state index in [1.807, 2.05) is 36.9 Å². The number of aromatic nitrogens is 2. The summed E-state index contributed by atoms with van der Waals surface area (Å²) in [6.07, 6.45) is 9.55. The number of pyridine rings is 2. The molecule has 0 bridgehead atoms. The van der Waals surface area contributed by atoms with Crippen molar-refractivity contribution in [3.8, 4) is 0 Å². The Labute approximate surface area is 322 Å². The van der Waals surface area contributed by atoms with Crippen LogP contribution in [0.2, 0.25) is 39.3 Å². The molecular weight excluding hydrogens is 689 g/mol. The fourth-order valence-corrected chi connectivity index (χ4v) is 10.4. The Bertz CT molecular complexity index is 2390.